The first-order chi connectivity index (χ1) is 32.0. The lowest BCUT2D eigenvalue weighted by molar-refractivity contribution is -0.167. The largest absolute Gasteiger partial charge is 0.462 e. The van der Waals surface area contributed by atoms with Crippen molar-refractivity contribution in [3.8, 4) is 0 Å². The summed E-state index contributed by atoms with van der Waals surface area (Å²) >= 11 is 0. The van der Waals surface area contributed by atoms with Crippen molar-refractivity contribution in [3.05, 3.63) is 60.8 Å². The van der Waals surface area contributed by atoms with Gasteiger partial charge in [-0.15, -0.1) is 0 Å². The summed E-state index contributed by atoms with van der Waals surface area (Å²) in [5.41, 5.74) is 0. The molecule has 65 heavy (non-hydrogen) atoms. The molecule has 0 aromatic rings. The van der Waals surface area contributed by atoms with Crippen molar-refractivity contribution in [1.82, 2.24) is 0 Å². The number of rotatable bonds is 50. The summed E-state index contributed by atoms with van der Waals surface area (Å²) < 4.78 is 16.8. The molecule has 0 heterocycles. The van der Waals surface area contributed by atoms with Crippen LogP contribution in [0.1, 0.15) is 278 Å². The number of unbranched alkanes of at least 4 members (excludes halogenated alkanes) is 29. The summed E-state index contributed by atoms with van der Waals surface area (Å²) in [6.07, 6.45) is 66.3. The van der Waals surface area contributed by atoms with Gasteiger partial charge in [0.25, 0.3) is 0 Å². The zero-order valence-corrected chi connectivity index (χ0v) is 43.0. The van der Waals surface area contributed by atoms with Gasteiger partial charge in [-0.3, -0.25) is 14.4 Å². The second-order valence-corrected chi connectivity index (χ2v) is 18.5. The minimum Gasteiger partial charge on any atom is -0.462 e. The molecule has 1 unspecified atom stereocenters. The number of carbonyl (C=O) groups excluding carboxylic acids is 3. The average molecular weight is 909 g/mol. The molecule has 0 rings (SSSR count). The molecule has 0 bridgehead atoms. The van der Waals surface area contributed by atoms with E-state index in [1.165, 1.54) is 135 Å². The van der Waals surface area contributed by atoms with Crippen molar-refractivity contribution in [2.24, 2.45) is 0 Å². The normalized spacial score (nSPS) is 12.5. The second-order valence-electron chi connectivity index (χ2n) is 18.5. The Hall–Kier alpha value is -2.89. The number of ether oxygens (including phenoxy) is 3. The molecule has 0 aliphatic rings. The monoisotopic (exact) mass is 909 g/mol. The molecule has 0 radical (unpaired) electrons. The van der Waals surface area contributed by atoms with E-state index in [9.17, 15) is 14.4 Å². The lowest BCUT2D eigenvalue weighted by Gasteiger charge is -2.18. The summed E-state index contributed by atoms with van der Waals surface area (Å²) in [5.74, 6) is -0.906. The molecule has 0 fully saturated rings. The highest BCUT2D eigenvalue weighted by Crippen LogP contribution is 2.16. The lowest BCUT2D eigenvalue weighted by atomic mass is 10.0. The number of allylic oxidation sites excluding steroid dienone is 10. The van der Waals surface area contributed by atoms with Gasteiger partial charge in [-0.05, 0) is 83.5 Å². The van der Waals surface area contributed by atoms with E-state index in [-0.39, 0.29) is 31.1 Å². The van der Waals surface area contributed by atoms with Crippen LogP contribution in [0.4, 0.5) is 0 Å². The van der Waals surface area contributed by atoms with Crippen LogP contribution in [0, 0.1) is 0 Å². The van der Waals surface area contributed by atoms with Crippen LogP contribution in [0.2, 0.25) is 0 Å². The van der Waals surface area contributed by atoms with Crippen LogP contribution in [0.25, 0.3) is 0 Å². The van der Waals surface area contributed by atoms with Gasteiger partial charge in [-0.2, -0.15) is 0 Å². The third kappa shape index (κ3) is 51.9. The van der Waals surface area contributed by atoms with Crippen molar-refractivity contribution in [2.75, 3.05) is 13.2 Å². The molecule has 0 saturated carbocycles. The van der Waals surface area contributed by atoms with Gasteiger partial charge in [0, 0.05) is 19.3 Å². The Morgan fingerprint density at radius 3 is 0.954 bits per heavy atom. The topological polar surface area (TPSA) is 78.9 Å². The maximum atomic E-state index is 12.8. The Morgan fingerprint density at radius 1 is 0.323 bits per heavy atom. The van der Waals surface area contributed by atoms with Crippen LogP contribution in [-0.2, 0) is 28.6 Å². The Balaban J connectivity index is 4.41. The van der Waals surface area contributed by atoms with E-state index in [1.807, 2.05) is 0 Å². The summed E-state index contributed by atoms with van der Waals surface area (Å²) in [6, 6.07) is 0. The maximum Gasteiger partial charge on any atom is 0.306 e. The fraction of sp³-hybridized carbons (Fsp3) is 0.780. The highest BCUT2D eigenvalue weighted by atomic mass is 16.6. The Kier molecular flexibility index (Phi) is 51.3. The minimum absolute atomic E-state index is 0.0843. The van der Waals surface area contributed by atoms with E-state index < -0.39 is 6.10 Å². The highest BCUT2D eigenvalue weighted by Gasteiger charge is 2.19. The van der Waals surface area contributed by atoms with E-state index in [4.69, 9.17) is 14.2 Å². The molecule has 0 N–H and O–H groups in total. The van der Waals surface area contributed by atoms with Crippen LogP contribution >= 0.6 is 0 Å². The fourth-order valence-corrected chi connectivity index (χ4v) is 7.84. The van der Waals surface area contributed by atoms with Crippen LogP contribution < -0.4 is 0 Å². The van der Waals surface area contributed by atoms with E-state index in [1.54, 1.807) is 0 Å². The number of esters is 3. The van der Waals surface area contributed by atoms with Gasteiger partial charge in [0.05, 0.1) is 0 Å². The summed E-state index contributed by atoms with van der Waals surface area (Å²) in [5, 5.41) is 0. The fourth-order valence-electron chi connectivity index (χ4n) is 7.84. The predicted molar refractivity (Wildman–Crippen MR) is 279 cm³/mol. The van der Waals surface area contributed by atoms with E-state index in [2.05, 4.69) is 81.5 Å². The van der Waals surface area contributed by atoms with Crippen molar-refractivity contribution < 1.29 is 28.6 Å². The number of hydrogen-bond donors (Lipinski definition) is 0. The Morgan fingerprint density at radius 2 is 0.600 bits per heavy atom. The molecule has 0 aliphatic heterocycles. The molecule has 0 saturated heterocycles. The molecule has 6 heteroatoms. The smallest absolute Gasteiger partial charge is 0.306 e. The Labute approximate surface area is 402 Å². The molecule has 1 atom stereocenters. The average Bonchev–Trinajstić information content (AvgIpc) is 3.30. The first kappa shape index (κ1) is 62.1. The second kappa shape index (κ2) is 53.7. The van der Waals surface area contributed by atoms with Crippen LogP contribution in [0.15, 0.2) is 60.8 Å². The van der Waals surface area contributed by atoms with Crippen molar-refractivity contribution in [3.63, 3.8) is 0 Å². The summed E-state index contributed by atoms with van der Waals surface area (Å²) in [7, 11) is 0. The van der Waals surface area contributed by atoms with Gasteiger partial charge in [0.1, 0.15) is 13.2 Å². The third-order valence-electron chi connectivity index (χ3n) is 12.0. The number of hydrogen-bond acceptors (Lipinski definition) is 6. The Bertz CT molecular complexity index is 1180. The van der Waals surface area contributed by atoms with Crippen LogP contribution in [0.3, 0.4) is 0 Å². The predicted octanol–water partition coefficient (Wildman–Crippen LogP) is 18.4. The molecule has 376 valence electrons. The van der Waals surface area contributed by atoms with Gasteiger partial charge < -0.3 is 14.2 Å². The molecule has 0 aromatic carbocycles. The van der Waals surface area contributed by atoms with Crippen molar-refractivity contribution in [2.45, 2.75) is 284 Å². The molecule has 0 aromatic heterocycles. The van der Waals surface area contributed by atoms with E-state index >= 15 is 0 Å². The summed E-state index contributed by atoms with van der Waals surface area (Å²) in [6.45, 7) is 6.51. The first-order valence-electron chi connectivity index (χ1n) is 27.8. The van der Waals surface area contributed by atoms with Gasteiger partial charge in [-0.25, -0.2) is 0 Å². The first-order valence-corrected chi connectivity index (χ1v) is 27.8. The molecular weight excluding hydrogens is 805 g/mol. The van der Waals surface area contributed by atoms with E-state index in [0.717, 1.165) is 103 Å². The van der Waals surface area contributed by atoms with E-state index in [0.29, 0.717) is 19.3 Å². The van der Waals surface area contributed by atoms with Gasteiger partial charge in [-0.1, -0.05) is 236 Å². The van der Waals surface area contributed by atoms with Crippen molar-refractivity contribution in [1.29, 1.82) is 0 Å². The van der Waals surface area contributed by atoms with Gasteiger partial charge >= 0.3 is 17.9 Å². The summed E-state index contributed by atoms with van der Waals surface area (Å²) in [4.78, 5) is 38.1. The van der Waals surface area contributed by atoms with Crippen LogP contribution in [0.5, 0.6) is 0 Å². The zero-order chi connectivity index (χ0) is 47.2. The third-order valence-corrected chi connectivity index (χ3v) is 12.0. The molecule has 0 aliphatic carbocycles. The minimum atomic E-state index is -0.785. The SMILES string of the molecule is CC/C=C\C/C=C\C/C=C\C/C=C\CCCCCCC(=O)OCC(COC(=O)CCCCCCC/C=C\CCCCCCC)OC(=O)CCCCCCCCCCCCCCCCCC. The highest BCUT2D eigenvalue weighted by molar-refractivity contribution is 5.71. The molecule has 6 nitrogen and oxygen atoms in total. The molecular formula is C59H104O6. The zero-order valence-electron chi connectivity index (χ0n) is 43.0. The standard InChI is InChI=1S/C59H104O6/c1-4-7-10-13-16-19-22-25-28-30-32-34-37-40-43-46-49-52-58(61)64-55-56(54-63-57(60)51-48-45-42-39-36-33-27-24-21-18-15-12-9-6-3)65-59(62)53-50-47-44-41-38-35-31-29-26-23-20-17-14-11-8-5-2/h7,10,16,19,24-25,27-28,32,34,56H,4-6,8-9,11-15,17-18,20-23,26,29-31,33,35-55H2,1-3H3/b10-7-,19-16-,27-24-,28-25-,34-32-. The van der Waals surface area contributed by atoms with Gasteiger partial charge in [0.2, 0.25) is 0 Å². The number of carbonyl (C=O) groups is 3. The van der Waals surface area contributed by atoms with Crippen LogP contribution in [-0.4, -0.2) is 37.2 Å². The lowest BCUT2D eigenvalue weighted by Crippen LogP contribution is -2.30. The molecule has 0 spiro atoms. The molecule has 0 amide bonds. The van der Waals surface area contributed by atoms with Gasteiger partial charge in [0.15, 0.2) is 6.10 Å². The maximum absolute atomic E-state index is 12.8. The van der Waals surface area contributed by atoms with Crippen molar-refractivity contribution >= 4 is 17.9 Å². The quantitative estimate of drug-likeness (QED) is 0.0262.